The van der Waals surface area contributed by atoms with Gasteiger partial charge in [0.1, 0.15) is 11.6 Å². The van der Waals surface area contributed by atoms with Gasteiger partial charge in [-0.15, -0.1) is 0 Å². The van der Waals surface area contributed by atoms with E-state index in [0.29, 0.717) is 6.54 Å². The lowest BCUT2D eigenvalue weighted by atomic mass is 10.1. The maximum Gasteiger partial charge on any atom is 0.416 e. The summed E-state index contributed by atoms with van der Waals surface area (Å²) in [4.78, 5) is 4.01. The number of nitrogens with zero attached hydrogens (tertiary/aromatic N) is 1. The molecule has 0 radical (unpaired) electrons. The Bertz CT molecular complexity index is 427. The molecular formula is C12H18F3N3O. The minimum absolute atomic E-state index is 0.0768. The van der Waals surface area contributed by atoms with E-state index in [0.717, 1.165) is 12.1 Å². The van der Waals surface area contributed by atoms with E-state index in [4.69, 9.17) is 0 Å². The quantitative estimate of drug-likeness (QED) is 0.774. The van der Waals surface area contributed by atoms with Crippen molar-refractivity contribution in [2.45, 2.75) is 32.5 Å². The Balaban J connectivity index is 3.00. The SMILES string of the molecule is CCNc1cc(C(F)(F)F)cc(NCC(C)(C)O)n1. The monoisotopic (exact) mass is 277 g/mol. The number of halogens is 3. The average molecular weight is 277 g/mol. The van der Waals surface area contributed by atoms with Gasteiger partial charge in [0.15, 0.2) is 0 Å². The van der Waals surface area contributed by atoms with Gasteiger partial charge in [-0.3, -0.25) is 0 Å². The molecule has 4 nitrogen and oxygen atoms in total. The smallest absolute Gasteiger partial charge is 0.389 e. The molecular weight excluding hydrogens is 259 g/mol. The third-order valence-corrected chi connectivity index (χ3v) is 2.21. The van der Waals surface area contributed by atoms with Crippen molar-refractivity contribution in [3.63, 3.8) is 0 Å². The summed E-state index contributed by atoms with van der Waals surface area (Å²) in [5, 5.41) is 15.0. The molecule has 3 N–H and O–H groups in total. The van der Waals surface area contributed by atoms with Crippen molar-refractivity contribution < 1.29 is 18.3 Å². The zero-order valence-corrected chi connectivity index (χ0v) is 11.1. The Morgan fingerprint density at radius 3 is 2.11 bits per heavy atom. The number of rotatable bonds is 5. The number of aliphatic hydroxyl groups is 1. The second-order valence-corrected chi connectivity index (χ2v) is 4.82. The molecule has 0 aromatic carbocycles. The van der Waals surface area contributed by atoms with Crippen LogP contribution in [0, 0.1) is 0 Å². The van der Waals surface area contributed by atoms with Crippen LogP contribution in [0.1, 0.15) is 26.3 Å². The minimum atomic E-state index is -4.43. The Morgan fingerprint density at radius 1 is 1.16 bits per heavy atom. The molecule has 0 aliphatic rings. The normalized spacial score (nSPS) is 12.4. The van der Waals surface area contributed by atoms with Crippen molar-refractivity contribution >= 4 is 11.6 Å². The summed E-state index contributed by atoms with van der Waals surface area (Å²) in [7, 11) is 0. The second kappa shape index (κ2) is 5.64. The summed E-state index contributed by atoms with van der Waals surface area (Å²) in [5.74, 6) is 0.225. The number of anilines is 2. The van der Waals surface area contributed by atoms with Gasteiger partial charge in [0.25, 0.3) is 0 Å². The van der Waals surface area contributed by atoms with Crippen LogP contribution >= 0.6 is 0 Å². The number of nitrogens with one attached hydrogen (secondary N) is 2. The van der Waals surface area contributed by atoms with E-state index in [1.807, 2.05) is 0 Å². The Morgan fingerprint density at radius 2 is 1.68 bits per heavy atom. The standard InChI is InChI=1S/C12H18F3N3O/c1-4-16-9-5-8(12(13,14)15)6-10(18-9)17-7-11(2,3)19/h5-6,19H,4,7H2,1-3H3,(H2,16,17,18). The maximum absolute atomic E-state index is 12.7. The van der Waals surface area contributed by atoms with E-state index < -0.39 is 17.3 Å². The molecule has 0 spiro atoms. The van der Waals surface area contributed by atoms with Gasteiger partial charge in [-0.1, -0.05) is 0 Å². The van der Waals surface area contributed by atoms with Crippen molar-refractivity contribution in [1.82, 2.24) is 4.98 Å². The molecule has 108 valence electrons. The number of hydrogen-bond donors (Lipinski definition) is 3. The predicted octanol–water partition coefficient (Wildman–Crippen LogP) is 2.72. The van der Waals surface area contributed by atoms with E-state index >= 15 is 0 Å². The van der Waals surface area contributed by atoms with Crippen LogP contribution in [0.4, 0.5) is 24.8 Å². The number of aromatic nitrogens is 1. The highest BCUT2D eigenvalue weighted by atomic mass is 19.4. The fourth-order valence-electron chi connectivity index (χ4n) is 1.36. The number of hydrogen-bond acceptors (Lipinski definition) is 4. The highest BCUT2D eigenvalue weighted by Crippen LogP contribution is 2.32. The van der Waals surface area contributed by atoms with Gasteiger partial charge in [0, 0.05) is 13.1 Å². The summed E-state index contributed by atoms with van der Waals surface area (Å²) in [5.41, 5.74) is -1.81. The first-order valence-electron chi connectivity index (χ1n) is 5.91. The maximum atomic E-state index is 12.7. The van der Waals surface area contributed by atoms with Crippen LogP contribution in [0.5, 0.6) is 0 Å². The Hall–Kier alpha value is -1.50. The lowest BCUT2D eigenvalue weighted by molar-refractivity contribution is -0.137. The average Bonchev–Trinajstić information content (AvgIpc) is 2.24. The highest BCUT2D eigenvalue weighted by molar-refractivity contribution is 5.49. The second-order valence-electron chi connectivity index (χ2n) is 4.82. The van der Waals surface area contributed by atoms with Gasteiger partial charge in [-0.2, -0.15) is 13.2 Å². The van der Waals surface area contributed by atoms with E-state index in [1.165, 1.54) is 0 Å². The van der Waals surface area contributed by atoms with Crippen LogP contribution in [0.2, 0.25) is 0 Å². The van der Waals surface area contributed by atoms with Crippen LogP contribution < -0.4 is 10.6 Å². The van der Waals surface area contributed by atoms with Crippen LogP contribution in [0.3, 0.4) is 0 Å². The Labute approximate surface area is 110 Å². The van der Waals surface area contributed by atoms with E-state index in [1.54, 1.807) is 20.8 Å². The van der Waals surface area contributed by atoms with Crippen LogP contribution in [-0.2, 0) is 6.18 Å². The molecule has 0 saturated carbocycles. The summed E-state index contributed by atoms with van der Waals surface area (Å²) in [6.45, 7) is 5.45. The molecule has 0 saturated heterocycles. The van der Waals surface area contributed by atoms with Crippen molar-refractivity contribution in [1.29, 1.82) is 0 Å². The third-order valence-electron chi connectivity index (χ3n) is 2.21. The molecule has 0 aliphatic heterocycles. The molecule has 0 aliphatic carbocycles. The molecule has 0 unspecified atom stereocenters. The van der Waals surface area contributed by atoms with Gasteiger partial charge in [0.2, 0.25) is 0 Å². The number of pyridine rings is 1. The van der Waals surface area contributed by atoms with Gasteiger partial charge in [-0.05, 0) is 32.9 Å². The van der Waals surface area contributed by atoms with Crippen LogP contribution in [0.25, 0.3) is 0 Å². The molecule has 0 fully saturated rings. The molecule has 1 aromatic rings. The van der Waals surface area contributed by atoms with Crippen molar-refractivity contribution in [3.8, 4) is 0 Å². The van der Waals surface area contributed by atoms with Gasteiger partial charge < -0.3 is 15.7 Å². The molecule has 0 atom stereocenters. The van der Waals surface area contributed by atoms with Crippen LogP contribution in [0.15, 0.2) is 12.1 Å². The van der Waals surface area contributed by atoms with Crippen LogP contribution in [-0.4, -0.2) is 28.8 Å². The zero-order chi connectivity index (χ0) is 14.7. The first-order chi connectivity index (χ1) is 8.62. The molecule has 19 heavy (non-hydrogen) atoms. The van der Waals surface area contributed by atoms with Gasteiger partial charge >= 0.3 is 6.18 Å². The summed E-state index contributed by atoms with van der Waals surface area (Å²) in [6.07, 6.45) is -4.43. The molecule has 1 rings (SSSR count). The summed E-state index contributed by atoms with van der Waals surface area (Å²) < 4.78 is 38.2. The molecule has 0 bridgehead atoms. The van der Waals surface area contributed by atoms with E-state index in [-0.39, 0.29) is 18.2 Å². The first-order valence-corrected chi connectivity index (χ1v) is 5.91. The molecule has 7 heteroatoms. The van der Waals surface area contributed by atoms with Crippen molar-refractivity contribution in [3.05, 3.63) is 17.7 Å². The highest BCUT2D eigenvalue weighted by Gasteiger charge is 2.31. The lowest BCUT2D eigenvalue weighted by Gasteiger charge is -2.19. The zero-order valence-electron chi connectivity index (χ0n) is 11.1. The minimum Gasteiger partial charge on any atom is -0.389 e. The summed E-state index contributed by atoms with van der Waals surface area (Å²) >= 11 is 0. The largest absolute Gasteiger partial charge is 0.416 e. The van der Waals surface area contributed by atoms with Gasteiger partial charge in [-0.25, -0.2) is 4.98 Å². The van der Waals surface area contributed by atoms with E-state index in [9.17, 15) is 18.3 Å². The lowest BCUT2D eigenvalue weighted by Crippen LogP contribution is -2.29. The third kappa shape index (κ3) is 5.34. The van der Waals surface area contributed by atoms with Crippen molar-refractivity contribution in [2.24, 2.45) is 0 Å². The topological polar surface area (TPSA) is 57.2 Å². The molecule has 1 heterocycles. The first kappa shape index (κ1) is 15.6. The number of alkyl halides is 3. The van der Waals surface area contributed by atoms with E-state index in [2.05, 4.69) is 15.6 Å². The fourth-order valence-corrected chi connectivity index (χ4v) is 1.36. The fraction of sp³-hybridized carbons (Fsp3) is 0.583. The summed E-state index contributed by atoms with van der Waals surface area (Å²) in [6, 6.07) is 1.88. The Kier molecular flexibility index (Phi) is 4.62. The molecule has 1 aromatic heterocycles. The van der Waals surface area contributed by atoms with Crippen molar-refractivity contribution in [2.75, 3.05) is 23.7 Å². The van der Waals surface area contributed by atoms with Gasteiger partial charge in [0.05, 0.1) is 11.2 Å². The predicted molar refractivity (Wildman–Crippen MR) is 68.2 cm³/mol. The molecule has 0 amide bonds.